The summed E-state index contributed by atoms with van der Waals surface area (Å²) in [7, 11) is 0. The first-order chi connectivity index (χ1) is 5.66. The SMILES string of the molecule is CC(=O)c1cccc(CF)c1O. The summed E-state index contributed by atoms with van der Waals surface area (Å²) in [5.74, 6) is -0.504. The highest BCUT2D eigenvalue weighted by Crippen LogP contribution is 2.23. The molecule has 1 aromatic carbocycles. The molecule has 3 heteroatoms. The molecule has 0 aromatic heterocycles. The lowest BCUT2D eigenvalue weighted by Gasteiger charge is -2.03. The lowest BCUT2D eigenvalue weighted by atomic mass is 10.1. The minimum Gasteiger partial charge on any atom is -0.507 e. The van der Waals surface area contributed by atoms with Crippen molar-refractivity contribution in [3.63, 3.8) is 0 Å². The summed E-state index contributed by atoms with van der Waals surface area (Å²) in [5, 5.41) is 9.30. The van der Waals surface area contributed by atoms with E-state index in [0.717, 1.165) is 0 Å². The summed E-state index contributed by atoms with van der Waals surface area (Å²) >= 11 is 0. The van der Waals surface area contributed by atoms with Crippen LogP contribution in [0, 0.1) is 0 Å². The van der Waals surface area contributed by atoms with E-state index in [-0.39, 0.29) is 22.7 Å². The van der Waals surface area contributed by atoms with Gasteiger partial charge in [-0.25, -0.2) is 4.39 Å². The highest BCUT2D eigenvalue weighted by atomic mass is 19.1. The fourth-order valence-electron chi connectivity index (χ4n) is 0.983. The zero-order chi connectivity index (χ0) is 9.14. The van der Waals surface area contributed by atoms with E-state index >= 15 is 0 Å². The molecule has 0 saturated heterocycles. The average Bonchev–Trinajstić information content (AvgIpc) is 2.04. The van der Waals surface area contributed by atoms with Gasteiger partial charge >= 0.3 is 0 Å². The first-order valence-corrected chi connectivity index (χ1v) is 3.54. The zero-order valence-corrected chi connectivity index (χ0v) is 6.67. The summed E-state index contributed by atoms with van der Waals surface area (Å²) in [6.07, 6.45) is 0. The summed E-state index contributed by atoms with van der Waals surface area (Å²) < 4.78 is 12.2. The van der Waals surface area contributed by atoms with E-state index in [1.165, 1.54) is 19.1 Å². The number of para-hydroxylation sites is 1. The van der Waals surface area contributed by atoms with E-state index in [0.29, 0.717) is 0 Å². The Balaban J connectivity index is 3.23. The monoisotopic (exact) mass is 168 g/mol. The molecule has 0 aliphatic carbocycles. The molecule has 0 bridgehead atoms. The minimum absolute atomic E-state index is 0.155. The van der Waals surface area contributed by atoms with Crippen molar-refractivity contribution < 1.29 is 14.3 Å². The number of phenols is 1. The topological polar surface area (TPSA) is 37.3 Å². The van der Waals surface area contributed by atoms with E-state index in [1.807, 2.05) is 0 Å². The third-order valence-electron chi connectivity index (χ3n) is 1.64. The van der Waals surface area contributed by atoms with Gasteiger partial charge in [-0.3, -0.25) is 4.79 Å². The van der Waals surface area contributed by atoms with E-state index < -0.39 is 6.67 Å². The second kappa shape index (κ2) is 3.34. The number of hydrogen-bond donors (Lipinski definition) is 1. The fraction of sp³-hybridized carbons (Fsp3) is 0.222. The number of phenolic OH excluding ortho intramolecular Hbond substituents is 1. The van der Waals surface area contributed by atoms with Crippen molar-refractivity contribution in [1.29, 1.82) is 0 Å². The van der Waals surface area contributed by atoms with Crippen molar-refractivity contribution in [3.8, 4) is 5.75 Å². The van der Waals surface area contributed by atoms with Gasteiger partial charge in [0.1, 0.15) is 12.4 Å². The molecule has 0 atom stereocenters. The molecule has 0 amide bonds. The van der Waals surface area contributed by atoms with Gasteiger partial charge < -0.3 is 5.11 Å². The Hall–Kier alpha value is -1.38. The Morgan fingerprint density at radius 2 is 2.25 bits per heavy atom. The van der Waals surface area contributed by atoms with Crippen molar-refractivity contribution in [2.75, 3.05) is 0 Å². The number of hydrogen-bond acceptors (Lipinski definition) is 2. The molecule has 0 aliphatic rings. The summed E-state index contributed by atoms with van der Waals surface area (Å²) in [4.78, 5) is 10.9. The van der Waals surface area contributed by atoms with Crippen LogP contribution in [0.3, 0.4) is 0 Å². The minimum atomic E-state index is -0.757. The van der Waals surface area contributed by atoms with Crippen molar-refractivity contribution >= 4 is 5.78 Å². The molecule has 0 spiro atoms. The van der Waals surface area contributed by atoms with Crippen LogP contribution in [0.1, 0.15) is 22.8 Å². The number of ketones is 1. The second-order valence-corrected chi connectivity index (χ2v) is 2.50. The number of carbonyl (C=O) groups excluding carboxylic acids is 1. The molecular formula is C9H9FO2. The molecule has 1 aromatic rings. The molecule has 12 heavy (non-hydrogen) atoms. The summed E-state index contributed by atoms with van der Waals surface area (Å²) in [6, 6.07) is 4.46. The molecule has 0 radical (unpaired) electrons. The third-order valence-corrected chi connectivity index (χ3v) is 1.64. The number of rotatable bonds is 2. The number of benzene rings is 1. The van der Waals surface area contributed by atoms with Crippen LogP contribution in [-0.4, -0.2) is 10.9 Å². The maximum absolute atomic E-state index is 12.2. The first-order valence-electron chi connectivity index (χ1n) is 3.54. The number of aromatic hydroxyl groups is 1. The van der Waals surface area contributed by atoms with Crippen molar-refractivity contribution in [2.24, 2.45) is 0 Å². The van der Waals surface area contributed by atoms with Crippen LogP contribution in [0.15, 0.2) is 18.2 Å². The van der Waals surface area contributed by atoms with Gasteiger partial charge in [0.05, 0.1) is 5.56 Å². The standard InChI is InChI=1S/C9H9FO2/c1-6(11)8-4-2-3-7(5-10)9(8)12/h2-4,12H,5H2,1H3. The van der Waals surface area contributed by atoms with Gasteiger partial charge in [-0.2, -0.15) is 0 Å². The number of carbonyl (C=O) groups is 1. The summed E-state index contributed by atoms with van der Waals surface area (Å²) in [6.45, 7) is 0.573. The molecule has 0 aliphatic heterocycles. The van der Waals surface area contributed by atoms with Gasteiger partial charge in [0.25, 0.3) is 0 Å². The molecule has 0 unspecified atom stereocenters. The van der Waals surface area contributed by atoms with E-state index in [2.05, 4.69) is 0 Å². The number of alkyl halides is 1. The number of halogens is 1. The number of Topliss-reactive ketones (excluding diaryl/α,β-unsaturated/α-hetero) is 1. The van der Waals surface area contributed by atoms with Crippen LogP contribution in [0.25, 0.3) is 0 Å². The molecule has 0 fully saturated rings. The molecule has 1 N–H and O–H groups in total. The van der Waals surface area contributed by atoms with E-state index in [1.54, 1.807) is 6.07 Å². The Bertz CT molecular complexity index is 307. The van der Waals surface area contributed by atoms with Crippen molar-refractivity contribution in [1.82, 2.24) is 0 Å². The van der Waals surface area contributed by atoms with E-state index in [4.69, 9.17) is 0 Å². The van der Waals surface area contributed by atoms with Gasteiger partial charge in [-0.05, 0) is 13.0 Å². The Morgan fingerprint density at radius 1 is 1.58 bits per heavy atom. The predicted octanol–water partition coefficient (Wildman–Crippen LogP) is 2.06. The largest absolute Gasteiger partial charge is 0.507 e. The van der Waals surface area contributed by atoms with Gasteiger partial charge in [0.15, 0.2) is 5.78 Å². The molecule has 2 nitrogen and oxygen atoms in total. The van der Waals surface area contributed by atoms with Crippen molar-refractivity contribution in [2.45, 2.75) is 13.6 Å². The lowest BCUT2D eigenvalue weighted by Crippen LogP contribution is -1.94. The smallest absolute Gasteiger partial charge is 0.163 e. The Labute approximate surface area is 69.6 Å². The maximum atomic E-state index is 12.2. The quantitative estimate of drug-likeness (QED) is 0.686. The van der Waals surface area contributed by atoms with Gasteiger partial charge in [0, 0.05) is 5.56 Å². The fourth-order valence-corrected chi connectivity index (χ4v) is 0.983. The third kappa shape index (κ3) is 1.44. The van der Waals surface area contributed by atoms with Gasteiger partial charge in [-0.1, -0.05) is 12.1 Å². The zero-order valence-electron chi connectivity index (χ0n) is 6.67. The average molecular weight is 168 g/mol. The molecule has 1 rings (SSSR count). The van der Waals surface area contributed by atoms with Crippen LogP contribution in [0.5, 0.6) is 5.75 Å². The molecule has 0 saturated carbocycles. The Morgan fingerprint density at radius 3 is 2.75 bits per heavy atom. The second-order valence-electron chi connectivity index (χ2n) is 2.50. The molecule has 64 valence electrons. The molecular weight excluding hydrogens is 159 g/mol. The van der Waals surface area contributed by atoms with Crippen LogP contribution in [-0.2, 0) is 6.67 Å². The Kier molecular flexibility index (Phi) is 2.43. The van der Waals surface area contributed by atoms with Crippen LogP contribution >= 0.6 is 0 Å². The van der Waals surface area contributed by atoms with Crippen molar-refractivity contribution in [3.05, 3.63) is 29.3 Å². The highest BCUT2D eigenvalue weighted by molar-refractivity contribution is 5.97. The van der Waals surface area contributed by atoms with E-state index in [9.17, 15) is 14.3 Å². The summed E-state index contributed by atoms with van der Waals surface area (Å²) in [5.41, 5.74) is 0.327. The van der Waals surface area contributed by atoms with Crippen LogP contribution in [0.2, 0.25) is 0 Å². The van der Waals surface area contributed by atoms with Gasteiger partial charge in [0.2, 0.25) is 0 Å². The highest BCUT2D eigenvalue weighted by Gasteiger charge is 2.09. The van der Waals surface area contributed by atoms with Crippen LogP contribution in [0.4, 0.5) is 4.39 Å². The van der Waals surface area contributed by atoms with Crippen LogP contribution < -0.4 is 0 Å². The molecule has 0 heterocycles. The maximum Gasteiger partial charge on any atom is 0.163 e. The first kappa shape index (κ1) is 8.71. The van der Waals surface area contributed by atoms with Gasteiger partial charge in [-0.15, -0.1) is 0 Å². The lowest BCUT2D eigenvalue weighted by molar-refractivity contribution is 0.101. The predicted molar refractivity (Wildman–Crippen MR) is 42.9 cm³/mol. The normalized spacial score (nSPS) is 9.83.